The molecule has 0 aromatic heterocycles. The molecule has 0 radical (unpaired) electrons. The Kier molecular flexibility index (Phi) is 6.36. The van der Waals surface area contributed by atoms with Crippen LogP contribution >= 0.6 is 0 Å². The number of carbonyl (C=O) groups excluding carboxylic acids is 1. The van der Waals surface area contributed by atoms with Crippen molar-refractivity contribution in [3.05, 3.63) is 48.0 Å². The van der Waals surface area contributed by atoms with Crippen LogP contribution in [0.15, 0.2) is 42.5 Å². The third kappa shape index (κ3) is 5.37. The van der Waals surface area contributed by atoms with Crippen molar-refractivity contribution in [2.75, 3.05) is 0 Å². The van der Waals surface area contributed by atoms with Gasteiger partial charge in [-0.2, -0.15) is 0 Å². The molecule has 0 aliphatic heterocycles. The molecule has 1 amide bonds. The first kappa shape index (κ1) is 18.0. The van der Waals surface area contributed by atoms with E-state index in [1.165, 1.54) is 16.3 Å². The second kappa shape index (κ2) is 8.48. The molecule has 24 heavy (non-hydrogen) atoms. The van der Waals surface area contributed by atoms with E-state index in [1.807, 2.05) is 26.0 Å². The van der Waals surface area contributed by atoms with Crippen LogP contribution in [-0.2, 0) is 16.0 Å². The van der Waals surface area contributed by atoms with Gasteiger partial charge in [0, 0.05) is 6.42 Å². The fourth-order valence-corrected chi connectivity index (χ4v) is 2.81. The van der Waals surface area contributed by atoms with Gasteiger partial charge >= 0.3 is 5.97 Å². The lowest BCUT2D eigenvalue weighted by atomic mass is 10.0. The number of carboxylic acid groups (broad SMARTS) is 1. The molecular formula is C20H25NO3. The van der Waals surface area contributed by atoms with Crippen LogP contribution in [0.2, 0.25) is 0 Å². The molecule has 0 heterocycles. The van der Waals surface area contributed by atoms with Gasteiger partial charge in [0.2, 0.25) is 5.91 Å². The van der Waals surface area contributed by atoms with Gasteiger partial charge in [-0.3, -0.25) is 4.79 Å². The molecule has 4 nitrogen and oxygen atoms in total. The van der Waals surface area contributed by atoms with E-state index in [2.05, 4.69) is 35.6 Å². The topological polar surface area (TPSA) is 66.4 Å². The summed E-state index contributed by atoms with van der Waals surface area (Å²) in [4.78, 5) is 23.1. The van der Waals surface area contributed by atoms with Crippen LogP contribution in [-0.4, -0.2) is 23.0 Å². The fourth-order valence-electron chi connectivity index (χ4n) is 2.81. The molecule has 0 aliphatic rings. The second-order valence-electron chi connectivity index (χ2n) is 6.62. The Morgan fingerprint density at radius 2 is 1.79 bits per heavy atom. The first-order valence-electron chi connectivity index (χ1n) is 8.45. The number of carbonyl (C=O) groups is 2. The highest BCUT2D eigenvalue weighted by Gasteiger charge is 2.20. The van der Waals surface area contributed by atoms with Gasteiger partial charge in [-0.15, -0.1) is 0 Å². The average Bonchev–Trinajstić information content (AvgIpc) is 2.53. The standard InChI is InChI=1S/C20H25NO3/c1-14(2)12-18(20(23)24)21-19(22)9-5-6-15-10-11-16-7-3-4-8-17(16)13-15/h3-4,7-8,10-11,13-14,18H,5-6,9,12H2,1-2H3,(H,21,22)(H,23,24)/t18-/m0/s1. The number of nitrogens with one attached hydrogen (secondary N) is 1. The number of amides is 1. The number of aryl methyl sites for hydroxylation is 1. The van der Waals surface area contributed by atoms with Crippen LogP contribution in [0, 0.1) is 5.92 Å². The minimum Gasteiger partial charge on any atom is -0.480 e. The van der Waals surface area contributed by atoms with Crippen molar-refractivity contribution in [2.24, 2.45) is 5.92 Å². The van der Waals surface area contributed by atoms with Crippen molar-refractivity contribution >= 4 is 22.6 Å². The van der Waals surface area contributed by atoms with Gasteiger partial charge < -0.3 is 10.4 Å². The van der Waals surface area contributed by atoms with Gasteiger partial charge in [0.15, 0.2) is 0 Å². The van der Waals surface area contributed by atoms with Crippen molar-refractivity contribution in [2.45, 2.75) is 45.6 Å². The predicted molar refractivity (Wildman–Crippen MR) is 95.9 cm³/mol. The zero-order valence-corrected chi connectivity index (χ0v) is 14.3. The lowest BCUT2D eigenvalue weighted by Gasteiger charge is -2.16. The molecule has 2 aromatic carbocycles. The quantitative estimate of drug-likeness (QED) is 0.775. The van der Waals surface area contributed by atoms with Crippen molar-refractivity contribution in [1.29, 1.82) is 0 Å². The zero-order valence-electron chi connectivity index (χ0n) is 14.3. The minimum atomic E-state index is -0.966. The zero-order chi connectivity index (χ0) is 17.5. The summed E-state index contributed by atoms with van der Waals surface area (Å²) >= 11 is 0. The Bertz CT molecular complexity index is 709. The smallest absolute Gasteiger partial charge is 0.326 e. The van der Waals surface area contributed by atoms with Crippen LogP contribution < -0.4 is 5.32 Å². The number of rotatable bonds is 8. The summed E-state index contributed by atoms with van der Waals surface area (Å²) in [7, 11) is 0. The fraction of sp³-hybridized carbons (Fsp3) is 0.400. The van der Waals surface area contributed by atoms with E-state index < -0.39 is 12.0 Å². The van der Waals surface area contributed by atoms with E-state index in [-0.39, 0.29) is 11.8 Å². The van der Waals surface area contributed by atoms with E-state index in [0.717, 1.165) is 6.42 Å². The molecule has 0 bridgehead atoms. The Morgan fingerprint density at radius 1 is 1.08 bits per heavy atom. The Morgan fingerprint density at radius 3 is 2.46 bits per heavy atom. The van der Waals surface area contributed by atoms with E-state index in [4.69, 9.17) is 5.11 Å². The summed E-state index contributed by atoms with van der Waals surface area (Å²) in [5.41, 5.74) is 1.19. The number of fused-ring (bicyclic) bond motifs is 1. The highest BCUT2D eigenvalue weighted by Crippen LogP contribution is 2.17. The first-order chi connectivity index (χ1) is 11.5. The van der Waals surface area contributed by atoms with Gasteiger partial charge in [0.1, 0.15) is 6.04 Å². The molecular weight excluding hydrogens is 302 g/mol. The molecule has 0 fully saturated rings. The third-order valence-corrected chi connectivity index (χ3v) is 4.02. The summed E-state index contributed by atoms with van der Waals surface area (Å²) in [6.07, 6.45) is 2.30. The molecule has 0 spiro atoms. The average molecular weight is 327 g/mol. The Hall–Kier alpha value is -2.36. The Labute approximate surface area is 142 Å². The van der Waals surface area contributed by atoms with E-state index in [0.29, 0.717) is 19.3 Å². The number of carboxylic acids is 1. The van der Waals surface area contributed by atoms with Crippen LogP contribution in [0.4, 0.5) is 0 Å². The molecule has 0 saturated heterocycles. The Balaban J connectivity index is 1.83. The molecule has 1 atom stereocenters. The van der Waals surface area contributed by atoms with Crippen LogP contribution in [0.3, 0.4) is 0 Å². The van der Waals surface area contributed by atoms with Gasteiger partial charge in [-0.05, 0) is 41.5 Å². The maximum absolute atomic E-state index is 12.0. The minimum absolute atomic E-state index is 0.191. The number of hydrogen-bond acceptors (Lipinski definition) is 2. The normalized spacial score (nSPS) is 12.3. The van der Waals surface area contributed by atoms with Crippen molar-refractivity contribution in [3.8, 4) is 0 Å². The van der Waals surface area contributed by atoms with E-state index >= 15 is 0 Å². The molecule has 0 aliphatic carbocycles. The molecule has 0 unspecified atom stereocenters. The second-order valence-corrected chi connectivity index (χ2v) is 6.62. The molecule has 128 valence electrons. The molecule has 4 heteroatoms. The van der Waals surface area contributed by atoms with Crippen LogP contribution in [0.1, 0.15) is 38.7 Å². The van der Waals surface area contributed by atoms with E-state index in [9.17, 15) is 9.59 Å². The van der Waals surface area contributed by atoms with Crippen molar-refractivity contribution in [3.63, 3.8) is 0 Å². The summed E-state index contributed by atoms with van der Waals surface area (Å²) in [6, 6.07) is 13.7. The first-order valence-corrected chi connectivity index (χ1v) is 8.45. The predicted octanol–water partition coefficient (Wildman–Crippen LogP) is 3.78. The summed E-state index contributed by atoms with van der Waals surface area (Å²) in [6.45, 7) is 3.89. The maximum atomic E-state index is 12.0. The van der Waals surface area contributed by atoms with Gasteiger partial charge in [0.25, 0.3) is 0 Å². The maximum Gasteiger partial charge on any atom is 0.326 e. The molecule has 2 N–H and O–H groups in total. The number of hydrogen-bond donors (Lipinski definition) is 2. The lowest BCUT2D eigenvalue weighted by Crippen LogP contribution is -2.41. The SMILES string of the molecule is CC(C)C[C@H](NC(=O)CCCc1ccc2ccccc2c1)C(=O)O. The lowest BCUT2D eigenvalue weighted by molar-refractivity contribution is -0.142. The summed E-state index contributed by atoms with van der Waals surface area (Å²) in [5.74, 6) is -0.931. The summed E-state index contributed by atoms with van der Waals surface area (Å²) in [5, 5.41) is 14.2. The highest BCUT2D eigenvalue weighted by atomic mass is 16.4. The monoisotopic (exact) mass is 327 g/mol. The number of aliphatic carboxylic acids is 1. The highest BCUT2D eigenvalue weighted by molar-refractivity contribution is 5.84. The van der Waals surface area contributed by atoms with Gasteiger partial charge in [-0.1, -0.05) is 56.3 Å². The third-order valence-electron chi connectivity index (χ3n) is 4.02. The molecule has 2 rings (SSSR count). The van der Waals surface area contributed by atoms with Gasteiger partial charge in [-0.25, -0.2) is 4.79 Å². The molecule has 0 saturated carbocycles. The van der Waals surface area contributed by atoms with Crippen LogP contribution in [0.25, 0.3) is 10.8 Å². The van der Waals surface area contributed by atoms with Gasteiger partial charge in [0.05, 0.1) is 0 Å². The largest absolute Gasteiger partial charge is 0.480 e. The number of benzene rings is 2. The van der Waals surface area contributed by atoms with Crippen LogP contribution in [0.5, 0.6) is 0 Å². The van der Waals surface area contributed by atoms with Crippen molar-refractivity contribution in [1.82, 2.24) is 5.32 Å². The van der Waals surface area contributed by atoms with Crippen molar-refractivity contribution < 1.29 is 14.7 Å². The molecule has 2 aromatic rings. The van der Waals surface area contributed by atoms with E-state index in [1.54, 1.807) is 0 Å². The summed E-state index contributed by atoms with van der Waals surface area (Å²) < 4.78 is 0.